The molecule has 5 nitrogen and oxygen atoms in total. The predicted octanol–water partition coefficient (Wildman–Crippen LogP) is 2.90. The van der Waals surface area contributed by atoms with Crippen LogP contribution < -0.4 is 14.8 Å². The topological polar surface area (TPSA) is 67.8 Å². The van der Waals surface area contributed by atoms with Gasteiger partial charge >= 0.3 is 5.97 Å². The summed E-state index contributed by atoms with van der Waals surface area (Å²) >= 11 is 1.72. The first-order chi connectivity index (χ1) is 10.7. The molecule has 0 saturated heterocycles. The summed E-state index contributed by atoms with van der Waals surface area (Å²) in [6, 6.07) is 9.65. The smallest absolute Gasteiger partial charge is 0.341 e. The number of hydrogen-bond donors (Lipinski definition) is 2. The molecule has 0 aliphatic rings. The van der Waals surface area contributed by atoms with Gasteiger partial charge in [-0.1, -0.05) is 12.1 Å². The predicted molar refractivity (Wildman–Crippen MR) is 85.6 cm³/mol. The van der Waals surface area contributed by atoms with Gasteiger partial charge in [0.15, 0.2) is 18.1 Å². The Morgan fingerprint density at radius 1 is 1.23 bits per heavy atom. The number of hydrogen-bond acceptors (Lipinski definition) is 5. The lowest BCUT2D eigenvalue weighted by Crippen LogP contribution is -2.13. The molecule has 2 N–H and O–H groups in total. The highest BCUT2D eigenvalue weighted by molar-refractivity contribution is 7.09. The number of ether oxygens (including phenoxy) is 2. The third-order valence-corrected chi connectivity index (χ3v) is 3.74. The van der Waals surface area contributed by atoms with E-state index in [1.807, 2.05) is 25.1 Å². The summed E-state index contributed by atoms with van der Waals surface area (Å²) in [4.78, 5) is 11.9. The number of benzene rings is 1. The number of rotatable bonds is 9. The van der Waals surface area contributed by atoms with Crippen LogP contribution in [0.2, 0.25) is 0 Å². The molecule has 22 heavy (non-hydrogen) atoms. The van der Waals surface area contributed by atoms with E-state index in [9.17, 15) is 4.79 Å². The molecular formula is C16H19NO4S. The van der Waals surface area contributed by atoms with Gasteiger partial charge in [0.1, 0.15) is 0 Å². The van der Waals surface area contributed by atoms with Gasteiger partial charge < -0.3 is 19.9 Å². The van der Waals surface area contributed by atoms with Crippen molar-refractivity contribution in [3.05, 3.63) is 46.2 Å². The third kappa shape index (κ3) is 5.05. The van der Waals surface area contributed by atoms with Crippen LogP contribution in [-0.2, 0) is 17.9 Å². The minimum absolute atomic E-state index is 0.379. The number of nitrogens with one attached hydrogen (secondary N) is 1. The lowest BCUT2D eigenvalue weighted by Gasteiger charge is -2.12. The van der Waals surface area contributed by atoms with E-state index in [-0.39, 0.29) is 6.61 Å². The summed E-state index contributed by atoms with van der Waals surface area (Å²) in [7, 11) is 0. The van der Waals surface area contributed by atoms with Gasteiger partial charge in [0.25, 0.3) is 0 Å². The fourth-order valence-electron chi connectivity index (χ4n) is 1.93. The molecule has 2 rings (SSSR count). The molecule has 0 spiro atoms. The lowest BCUT2D eigenvalue weighted by molar-refractivity contribution is -0.139. The Bertz CT molecular complexity index is 598. The van der Waals surface area contributed by atoms with Crippen molar-refractivity contribution in [3.8, 4) is 11.5 Å². The van der Waals surface area contributed by atoms with Gasteiger partial charge in [0.05, 0.1) is 6.61 Å². The van der Waals surface area contributed by atoms with Crippen LogP contribution in [0.15, 0.2) is 35.7 Å². The quantitative estimate of drug-likeness (QED) is 0.743. The first-order valence-electron chi connectivity index (χ1n) is 7.02. The highest BCUT2D eigenvalue weighted by atomic mass is 32.1. The Kier molecular flexibility index (Phi) is 6.24. The second-order valence-corrected chi connectivity index (χ2v) is 5.61. The molecule has 118 valence electrons. The highest BCUT2D eigenvalue weighted by Crippen LogP contribution is 2.28. The van der Waals surface area contributed by atoms with Gasteiger partial charge in [-0.2, -0.15) is 0 Å². The maximum absolute atomic E-state index is 10.6. The van der Waals surface area contributed by atoms with Gasteiger partial charge in [0, 0.05) is 18.0 Å². The molecule has 0 aliphatic heterocycles. The summed E-state index contributed by atoms with van der Waals surface area (Å²) in [5.74, 6) is 0.00886. The average molecular weight is 321 g/mol. The molecule has 0 unspecified atom stereocenters. The van der Waals surface area contributed by atoms with Crippen LogP contribution in [0.3, 0.4) is 0 Å². The molecule has 0 atom stereocenters. The van der Waals surface area contributed by atoms with Crippen molar-refractivity contribution < 1.29 is 19.4 Å². The Hall–Kier alpha value is -2.05. The standard InChI is InChI=1S/C16H19NO4S/c1-2-20-15-8-12(5-6-14(15)21-11-16(18)19)9-17-10-13-4-3-7-22-13/h3-8,17H,2,9-11H2,1H3,(H,18,19). The Labute approximate surface area is 133 Å². The molecule has 1 aromatic heterocycles. The molecule has 0 saturated carbocycles. The number of thiophene rings is 1. The zero-order valence-electron chi connectivity index (χ0n) is 12.4. The molecule has 1 aromatic carbocycles. The zero-order valence-corrected chi connectivity index (χ0v) is 13.2. The van der Waals surface area contributed by atoms with Gasteiger partial charge in [-0.05, 0) is 36.1 Å². The second kappa shape index (κ2) is 8.41. The molecule has 0 fully saturated rings. The summed E-state index contributed by atoms with van der Waals surface area (Å²) in [5, 5.41) is 14.1. The van der Waals surface area contributed by atoms with Gasteiger partial charge in [0.2, 0.25) is 0 Å². The summed E-state index contributed by atoms with van der Waals surface area (Å²) in [6.45, 7) is 3.52. The normalized spacial score (nSPS) is 10.4. The number of carboxylic acid groups (broad SMARTS) is 1. The van der Waals surface area contributed by atoms with Crippen molar-refractivity contribution in [3.63, 3.8) is 0 Å². The van der Waals surface area contributed by atoms with Gasteiger partial charge in [-0.15, -0.1) is 11.3 Å². The first-order valence-corrected chi connectivity index (χ1v) is 7.90. The summed E-state index contributed by atoms with van der Waals surface area (Å²) < 4.78 is 10.7. The SMILES string of the molecule is CCOc1cc(CNCc2cccs2)ccc1OCC(=O)O. The molecule has 1 heterocycles. The number of carboxylic acids is 1. The lowest BCUT2D eigenvalue weighted by atomic mass is 10.2. The van der Waals surface area contributed by atoms with Gasteiger partial charge in [-0.3, -0.25) is 0 Å². The van der Waals surface area contributed by atoms with Crippen molar-refractivity contribution in [1.82, 2.24) is 5.32 Å². The van der Waals surface area contributed by atoms with E-state index in [0.717, 1.165) is 12.1 Å². The number of carbonyl (C=O) groups is 1. The Morgan fingerprint density at radius 2 is 2.09 bits per heavy atom. The van der Waals surface area contributed by atoms with E-state index in [4.69, 9.17) is 14.6 Å². The van der Waals surface area contributed by atoms with E-state index in [1.54, 1.807) is 17.4 Å². The average Bonchev–Trinajstić information content (AvgIpc) is 3.00. The monoisotopic (exact) mass is 321 g/mol. The molecular weight excluding hydrogens is 302 g/mol. The van der Waals surface area contributed by atoms with Crippen LogP contribution >= 0.6 is 11.3 Å². The fourth-order valence-corrected chi connectivity index (χ4v) is 2.61. The van der Waals surface area contributed by atoms with Crippen molar-refractivity contribution in [1.29, 1.82) is 0 Å². The maximum Gasteiger partial charge on any atom is 0.341 e. The van der Waals surface area contributed by atoms with Gasteiger partial charge in [-0.25, -0.2) is 4.79 Å². The summed E-state index contributed by atoms with van der Waals surface area (Å²) in [5.41, 5.74) is 1.06. The van der Waals surface area contributed by atoms with Crippen LogP contribution in [0.25, 0.3) is 0 Å². The summed E-state index contributed by atoms with van der Waals surface area (Å²) in [6.07, 6.45) is 0. The van der Waals surface area contributed by atoms with E-state index in [2.05, 4.69) is 16.8 Å². The van der Waals surface area contributed by atoms with Crippen molar-refractivity contribution in [2.75, 3.05) is 13.2 Å². The molecule has 2 aromatic rings. The van der Waals surface area contributed by atoms with Crippen molar-refractivity contribution in [2.45, 2.75) is 20.0 Å². The molecule has 0 amide bonds. The van der Waals surface area contributed by atoms with Crippen molar-refractivity contribution in [2.24, 2.45) is 0 Å². The number of aliphatic carboxylic acids is 1. The molecule has 6 heteroatoms. The van der Waals surface area contributed by atoms with Crippen LogP contribution in [-0.4, -0.2) is 24.3 Å². The third-order valence-electron chi connectivity index (χ3n) is 2.87. The second-order valence-electron chi connectivity index (χ2n) is 4.58. The van der Waals surface area contributed by atoms with Crippen LogP contribution in [0.1, 0.15) is 17.4 Å². The van der Waals surface area contributed by atoms with Crippen LogP contribution in [0, 0.1) is 0 Å². The Morgan fingerprint density at radius 3 is 2.77 bits per heavy atom. The van der Waals surface area contributed by atoms with Crippen LogP contribution in [0.5, 0.6) is 11.5 Å². The molecule has 0 radical (unpaired) electrons. The van der Waals surface area contributed by atoms with E-state index >= 15 is 0 Å². The zero-order chi connectivity index (χ0) is 15.8. The largest absolute Gasteiger partial charge is 0.490 e. The molecule has 0 bridgehead atoms. The van der Waals surface area contributed by atoms with Crippen molar-refractivity contribution >= 4 is 17.3 Å². The minimum atomic E-state index is -1.01. The van der Waals surface area contributed by atoms with E-state index in [1.165, 1.54) is 4.88 Å². The van der Waals surface area contributed by atoms with E-state index in [0.29, 0.717) is 24.7 Å². The minimum Gasteiger partial charge on any atom is -0.490 e. The van der Waals surface area contributed by atoms with E-state index < -0.39 is 5.97 Å². The molecule has 0 aliphatic carbocycles. The first kappa shape index (κ1) is 16.3. The van der Waals surface area contributed by atoms with Crippen LogP contribution in [0.4, 0.5) is 0 Å². The Balaban J connectivity index is 1.96. The maximum atomic E-state index is 10.6. The fraction of sp³-hybridized carbons (Fsp3) is 0.312. The highest BCUT2D eigenvalue weighted by Gasteiger charge is 2.08.